The third-order valence-corrected chi connectivity index (χ3v) is 5.15. The number of benzene rings is 3. The highest BCUT2D eigenvalue weighted by molar-refractivity contribution is 6.18. The zero-order valence-electron chi connectivity index (χ0n) is 15.4. The fourth-order valence-corrected chi connectivity index (χ4v) is 3.82. The van der Waals surface area contributed by atoms with Crippen LogP contribution in [0.5, 0.6) is 23.0 Å². The van der Waals surface area contributed by atoms with Crippen molar-refractivity contribution in [3.63, 3.8) is 0 Å². The maximum atomic E-state index is 9.36. The Kier molecular flexibility index (Phi) is 3.63. The van der Waals surface area contributed by atoms with Crippen LogP contribution in [0.2, 0.25) is 0 Å². The summed E-state index contributed by atoms with van der Waals surface area (Å²) in [5.41, 5.74) is 1.75. The predicted molar refractivity (Wildman–Crippen MR) is 105 cm³/mol. The van der Waals surface area contributed by atoms with Crippen LogP contribution in [-0.4, -0.2) is 26.0 Å². The predicted octanol–water partition coefficient (Wildman–Crippen LogP) is 4.35. The molecule has 28 heavy (non-hydrogen) atoms. The van der Waals surface area contributed by atoms with Crippen molar-refractivity contribution in [2.75, 3.05) is 21.0 Å². The molecular formula is C22H16N2O4. The number of nitriles is 1. The van der Waals surface area contributed by atoms with Crippen LogP contribution in [0.3, 0.4) is 0 Å². The van der Waals surface area contributed by atoms with Gasteiger partial charge in [-0.05, 0) is 46.0 Å². The van der Waals surface area contributed by atoms with E-state index in [1.165, 1.54) is 0 Å². The van der Waals surface area contributed by atoms with Gasteiger partial charge in [-0.1, -0.05) is 0 Å². The van der Waals surface area contributed by atoms with Crippen LogP contribution < -0.4 is 18.9 Å². The molecule has 0 atom stereocenters. The van der Waals surface area contributed by atoms with Gasteiger partial charge < -0.3 is 18.9 Å². The first-order chi connectivity index (χ1) is 13.7. The SMILES string of the molecule is COc1cc2c(CC#N)cc3c4cc5c(cc4ncc3c2cc1OC)OCO5. The minimum Gasteiger partial charge on any atom is -0.493 e. The Balaban J connectivity index is 1.94. The van der Waals surface area contributed by atoms with Crippen LogP contribution in [-0.2, 0) is 6.42 Å². The van der Waals surface area contributed by atoms with Crippen LogP contribution in [0, 0.1) is 11.3 Å². The highest BCUT2D eigenvalue weighted by Gasteiger charge is 2.18. The number of rotatable bonds is 3. The maximum Gasteiger partial charge on any atom is 0.231 e. The lowest BCUT2D eigenvalue weighted by Crippen LogP contribution is -1.94. The normalized spacial score (nSPS) is 12.5. The number of methoxy groups -OCH3 is 2. The topological polar surface area (TPSA) is 73.6 Å². The number of nitrogens with zero attached hydrogens (tertiary/aromatic N) is 2. The van der Waals surface area contributed by atoms with Gasteiger partial charge in [-0.15, -0.1) is 0 Å². The standard InChI is InChI=1S/C22H16N2O4/c1-25-19-6-13-12(3-4-23)5-14-16-8-21-22(28-11-27-21)9-18(16)24-10-17(14)15(13)7-20(19)26-2/h5-10H,3,11H2,1-2H3. The Bertz CT molecular complexity index is 1310. The summed E-state index contributed by atoms with van der Waals surface area (Å²) in [6, 6.07) is 12.0. The van der Waals surface area contributed by atoms with Crippen molar-refractivity contribution in [3.8, 4) is 29.1 Å². The van der Waals surface area contributed by atoms with E-state index in [-0.39, 0.29) is 13.2 Å². The summed E-state index contributed by atoms with van der Waals surface area (Å²) in [6.45, 7) is 0.212. The van der Waals surface area contributed by atoms with Gasteiger partial charge in [-0.2, -0.15) is 5.26 Å². The Morgan fingerprint density at radius 2 is 1.57 bits per heavy atom. The zero-order chi connectivity index (χ0) is 19.3. The third-order valence-electron chi connectivity index (χ3n) is 5.15. The van der Waals surface area contributed by atoms with E-state index in [0.29, 0.717) is 23.0 Å². The molecule has 0 unspecified atom stereocenters. The molecule has 1 aromatic heterocycles. The second-order valence-corrected chi connectivity index (χ2v) is 6.57. The number of fused-ring (bicyclic) bond motifs is 6. The lowest BCUT2D eigenvalue weighted by molar-refractivity contribution is 0.174. The van der Waals surface area contributed by atoms with E-state index in [9.17, 15) is 5.26 Å². The molecule has 1 aliphatic heterocycles. The van der Waals surface area contributed by atoms with Crippen LogP contribution in [0.25, 0.3) is 32.4 Å². The summed E-state index contributed by atoms with van der Waals surface area (Å²) in [4.78, 5) is 4.64. The Morgan fingerprint density at radius 3 is 2.29 bits per heavy atom. The van der Waals surface area contributed by atoms with E-state index in [0.717, 1.165) is 38.0 Å². The minimum absolute atomic E-state index is 0.212. The van der Waals surface area contributed by atoms with E-state index in [2.05, 4.69) is 17.1 Å². The molecule has 0 aliphatic carbocycles. The molecule has 0 fully saturated rings. The second-order valence-electron chi connectivity index (χ2n) is 6.57. The zero-order valence-corrected chi connectivity index (χ0v) is 15.4. The Hall–Kier alpha value is -3.72. The number of aromatic nitrogens is 1. The van der Waals surface area contributed by atoms with Crippen LogP contribution in [0.4, 0.5) is 0 Å². The molecule has 5 rings (SSSR count). The summed E-state index contributed by atoms with van der Waals surface area (Å²) in [5, 5.41) is 14.2. The first-order valence-electron chi connectivity index (χ1n) is 8.80. The smallest absolute Gasteiger partial charge is 0.231 e. The van der Waals surface area contributed by atoms with E-state index in [1.807, 2.05) is 30.5 Å². The molecule has 0 bridgehead atoms. The summed E-state index contributed by atoms with van der Waals surface area (Å²) in [7, 11) is 3.21. The molecule has 0 N–H and O–H groups in total. The average Bonchev–Trinajstić information content (AvgIpc) is 3.18. The number of ether oxygens (including phenoxy) is 4. The van der Waals surface area contributed by atoms with Crippen molar-refractivity contribution >= 4 is 32.4 Å². The summed E-state index contributed by atoms with van der Waals surface area (Å²) in [6.07, 6.45) is 2.14. The van der Waals surface area contributed by atoms with Crippen molar-refractivity contribution in [3.05, 3.63) is 42.1 Å². The highest BCUT2D eigenvalue weighted by Crippen LogP contribution is 2.42. The van der Waals surface area contributed by atoms with E-state index in [4.69, 9.17) is 18.9 Å². The molecule has 1 aliphatic rings. The van der Waals surface area contributed by atoms with Crippen LogP contribution >= 0.6 is 0 Å². The van der Waals surface area contributed by atoms with E-state index >= 15 is 0 Å². The minimum atomic E-state index is 0.212. The monoisotopic (exact) mass is 372 g/mol. The summed E-state index contributed by atoms with van der Waals surface area (Å²) < 4.78 is 22.0. The lowest BCUT2D eigenvalue weighted by atomic mass is 9.94. The maximum absolute atomic E-state index is 9.36. The molecule has 4 aromatic rings. The number of hydrogen-bond acceptors (Lipinski definition) is 6. The van der Waals surface area contributed by atoms with E-state index < -0.39 is 0 Å². The van der Waals surface area contributed by atoms with Gasteiger partial charge in [-0.25, -0.2) is 0 Å². The van der Waals surface area contributed by atoms with Gasteiger partial charge in [0.15, 0.2) is 23.0 Å². The van der Waals surface area contributed by atoms with Gasteiger partial charge in [0.25, 0.3) is 0 Å². The molecule has 2 heterocycles. The fourth-order valence-electron chi connectivity index (χ4n) is 3.82. The van der Waals surface area contributed by atoms with Gasteiger partial charge >= 0.3 is 0 Å². The average molecular weight is 372 g/mol. The molecule has 6 heteroatoms. The van der Waals surface area contributed by atoms with Gasteiger partial charge in [-0.3, -0.25) is 4.98 Å². The van der Waals surface area contributed by atoms with E-state index in [1.54, 1.807) is 14.2 Å². The first kappa shape index (κ1) is 16.5. The molecule has 0 amide bonds. The lowest BCUT2D eigenvalue weighted by Gasteiger charge is -2.14. The first-order valence-corrected chi connectivity index (χ1v) is 8.80. The van der Waals surface area contributed by atoms with Gasteiger partial charge in [0.2, 0.25) is 6.79 Å². The number of hydrogen-bond donors (Lipinski definition) is 0. The molecule has 0 saturated carbocycles. The molecular weight excluding hydrogens is 356 g/mol. The fraction of sp³-hybridized carbons (Fsp3) is 0.182. The quantitative estimate of drug-likeness (QED) is 0.498. The van der Waals surface area contributed by atoms with Crippen molar-refractivity contribution in [1.82, 2.24) is 4.98 Å². The Labute approximate surface area is 160 Å². The molecule has 0 saturated heterocycles. The second kappa shape index (κ2) is 6.17. The van der Waals surface area contributed by atoms with Crippen LogP contribution in [0.1, 0.15) is 5.56 Å². The molecule has 6 nitrogen and oxygen atoms in total. The molecule has 138 valence electrons. The summed E-state index contributed by atoms with van der Waals surface area (Å²) in [5.74, 6) is 2.67. The van der Waals surface area contributed by atoms with Crippen molar-refractivity contribution < 1.29 is 18.9 Å². The van der Waals surface area contributed by atoms with Gasteiger partial charge in [0.05, 0.1) is 32.2 Å². The molecule has 3 aromatic carbocycles. The third kappa shape index (κ3) is 2.30. The van der Waals surface area contributed by atoms with Crippen LogP contribution in [0.15, 0.2) is 36.5 Å². The summed E-state index contributed by atoms with van der Waals surface area (Å²) >= 11 is 0. The molecule has 0 spiro atoms. The van der Waals surface area contributed by atoms with Crippen molar-refractivity contribution in [2.45, 2.75) is 6.42 Å². The Morgan fingerprint density at radius 1 is 0.893 bits per heavy atom. The molecule has 0 radical (unpaired) electrons. The number of pyridine rings is 1. The van der Waals surface area contributed by atoms with Crippen molar-refractivity contribution in [2.24, 2.45) is 0 Å². The van der Waals surface area contributed by atoms with Gasteiger partial charge in [0, 0.05) is 23.0 Å². The highest BCUT2D eigenvalue weighted by atomic mass is 16.7. The largest absolute Gasteiger partial charge is 0.493 e. The van der Waals surface area contributed by atoms with Crippen molar-refractivity contribution in [1.29, 1.82) is 5.26 Å². The van der Waals surface area contributed by atoms with Gasteiger partial charge in [0.1, 0.15) is 0 Å².